The largest absolute Gasteiger partial charge is 0.329 e. The topological polar surface area (TPSA) is 92.1 Å². The second-order valence-electron chi connectivity index (χ2n) is 5.72. The van der Waals surface area contributed by atoms with Crippen LogP contribution in [0.25, 0.3) is 0 Å². The molecule has 114 valence electrons. The Morgan fingerprint density at radius 1 is 1.60 bits per heavy atom. The normalized spacial score (nSPS) is 27.9. The third kappa shape index (κ3) is 2.62. The molecule has 2 unspecified atom stereocenters. The molecule has 0 radical (unpaired) electrons. The van der Waals surface area contributed by atoms with Crippen molar-refractivity contribution in [1.82, 2.24) is 14.5 Å². The Bertz CT molecular complexity index is 529. The summed E-state index contributed by atoms with van der Waals surface area (Å²) in [6, 6.07) is 1.49. The molecular weight excluding hydrogens is 276 g/mol. The van der Waals surface area contributed by atoms with E-state index in [0.29, 0.717) is 19.0 Å². The summed E-state index contributed by atoms with van der Waals surface area (Å²) in [5, 5.41) is 6.46. The van der Waals surface area contributed by atoms with E-state index >= 15 is 0 Å². The summed E-state index contributed by atoms with van der Waals surface area (Å²) < 4.78 is 27.2. The Morgan fingerprint density at radius 2 is 2.35 bits per heavy atom. The van der Waals surface area contributed by atoms with Gasteiger partial charge in [-0.25, -0.2) is 8.42 Å². The van der Waals surface area contributed by atoms with Crippen LogP contribution in [-0.4, -0.2) is 41.5 Å². The van der Waals surface area contributed by atoms with Gasteiger partial charge in [0.1, 0.15) is 0 Å². The van der Waals surface area contributed by atoms with Gasteiger partial charge in [-0.1, -0.05) is 26.7 Å². The first-order valence-electron chi connectivity index (χ1n) is 7.18. The fourth-order valence-electron chi connectivity index (χ4n) is 3.41. The van der Waals surface area contributed by atoms with E-state index in [4.69, 9.17) is 5.73 Å². The van der Waals surface area contributed by atoms with Crippen LogP contribution in [0, 0.1) is 5.92 Å². The highest BCUT2D eigenvalue weighted by atomic mass is 32.2. The van der Waals surface area contributed by atoms with E-state index in [1.807, 2.05) is 6.92 Å². The van der Waals surface area contributed by atoms with Gasteiger partial charge in [-0.3, -0.25) is 5.10 Å². The summed E-state index contributed by atoms with van der Waals surface area (Å²) in [4.78, 5) is 0. The van der Waals surface area contributed by atoms with Crippen LogP contribution in [-0.2, 0) is 10.0 Å². The quantitative estimate of drug-likeness (QED) is 0.858. The molecule has 0 aliphatic heterocycles. The van der Waals surface area contributed by atoms with Gasteiger partial charge in [-0.05, 0) is 24.8 Å². The highest BCUT2D eigenvalue weighted by molar-refractivity contribution is 7.89. The van der Waals surface area contributed by atoms with Crippen molar-refractivity contribution in [3.05, 3.63) is 12.3 Å². The number of nitrogens with one attached hydrogen (secondary N) is 1. The zero-order valence-corrected chi connectivity index (χ0v) is 13.0. The van der Waals surface area contributed by atoms with E-state index in [-0.39, 0.29) is 5.03 Å². The van der Waals surface area contributed by atoms with Gasteiger partial charge in [0.25, 0.3) is 10.0 Å². The second-order valence-corrected chi connectivity index (χ2v) is 7.55. The van der Waals surface area contributed by atoms with Crippen LogP contribution in [0.3, 0.4) is 0 Å². The van der Waals surface area contributed by atoms with Crippen molar-refractivity contribution >= 4 is 10.0 Å². The highest BCUT2D eigenvalue weighted by Gasteiger charge is 2.44. The summed E-state index contributed by atoms with van der Waals surface area (Å²) in [6.07, 6.45) is 5.27. The number of hydrogen-bond acceptors (Lipinski definition) is 4. The monoisotopic (exact) mass is 300 g/mol. The van der Waals surface area contributed by atoms with Crippen LogP contribution in [0.4, 0.5) is 0 Å². The van der Waals surface area contributed by atoms with E-state index in [2.05, 4.69) is 17.1 Å². The highest BCUT2D eigenvalue weighted by Crippen LogP contribution is 2.38. The van der Waals surface area contributed by atoms with E-state index in [0.717, 1.165) is 25.7 Å². The lowest BCUT2D eigenvalue weighted by atomic mass is 9.76. The predicted molar refractivity (Wildman–Crippen MR) is 77.6 cm³/mol. The second kappa shape index (κ2) is 5.83. The van der Waals surface area contributed by atoms with Gasteiger partial charge in [0.05, 0.1) is 6.20 Å². The van der Waals surface area contributed by atoms with Gasteiger partial charge in [0, 0.05) is 18.6 Å². The summed E-state index contributed by atoms with van der Waals surface area (Å²) in [7, 11) is -3.57. The smallest absolute Gasteiger partial charge is 0.260 e. The molecule has 1 aromatic heterocycles. The van der Waals surface area contributed by atoms with Crippen LogP contribution >= 0.6 is 0 Å². The Labute approximate surface area is 120 Å². The number of hydrogen-bond donors (Lipinski definition) is 2. The fourth-order valence-corrected chi connectivity index (χ4v) is 5.14. The minimum Gasteiger partial charge on any atom is -0.329 e. The zero-order valence-electron chi connectivity index (χ0n) is 12.2. The number of nitrogens with zero attached hydrogens (tertiary/aromatic N) is 2. The first kappa shape index (κ1) is 15.5. The molecule has 2 atom stereocenters. The summed E-state index contributed by atoms with van der Waals surface area (Å²) in [6.45, 7) is 4.81. The molecule has 3 N–H and O–H groups in total. The van der Waals surface area contributed by atoms with E-state index in [1.54, 1.807) is 4.31 Å². The number of rotatable bonds is 5. The Morgan fingerprint density at radius 3 is 2.85 bits per heavy atom. The number of H-pyrrole nitrogens is 1. The number of aromatic amines is 1. The van der Waals surface area contributed by atoms with Crippen molar-refractivity contribution in [2.45, 2.75) is 50.1 Å². The SMILES string of the molecule is CCN(C1(CN)CCCC(C)C1)S(=O)(=O)c1ccn[nH]1. The third-order valence-electron chi connectivity index (χ3n) is 4.31. The maximum absolute atomic E-state index is 12.8. The molecule has 1 heterocycles. The van der Waals surface area contributed by atoms with Gasteiger partial charge >= 0.3 is 0 Å². The first-order valence-corrected chi connectivity index (χ1v) is 8.62. The lowest BCUT2D eigenvalue weighted by Crippen LogP contribution is -2.58. The van der Waals surface area contributed by atoms with Gasteiger partial charge < -0.3 is 5.73 Å². The molecule has 0 aromatic carbocycles. The molecule has 1 aromatic rings. The molecule has 0 bridgehead atoms. The molecular formula is C13H24N4O2S. The molecule has 1 saturated carbocycles. The molecule has 6 nitrogen and oxygen atoms in total. The van der Waals surface area contributed by atoms with E-state index in [9.17, 15) is 8.42 Å². The average Bonchev–Trinajstić information content (AvgIpc) is 2.93. The van der Waals surface area contributed by atoms with Crippen LogP contribution in [0.2, 0.25) is 0 Å². The molecule has 20 heavy (non-hydrogen) atoms. The molecule has 1 fully saturated rings. The maximum Gasteiger partial charge on any atom is 0.260 e. The number of nitrogens with two attached hydrogens (primary N) is 1. The van der Waals surface area contributed by atoms with Crippen LogP contribution in [0.5, 0.6) is 0 Å². The summed E-state index contributed by atoms with van der Waals surface area (Å²) in [5.74, 6) is 0.498. The number of sulfonamides is 1. The molecule has 1 aliphatic rings. The van der Waals surface area contributed by atoms with Gasteiger partial charge in [-0.15, -0.1) is 0 Å². The summed E-state index contributed by atoms with van der Waals surface area (Å²) >= 11 is 0. The van der Waals surface area contributed by atoms with Crippen LogP contribution < -0.4 is 5.73 Å². The molecule has 7 heteroatoms. The maximum atomic E-state index is 12.8. The first-order chi connectivity index (χ1) is 9.46. The van der Waals surface area contributed by atoms with Crippen LogP contribution in [0.1, 0.15) is 39.5 Å². The van der Waals surface area contributed by atoms with Gasteiger partial charge in [0.2, 0.25) is 0 Å². The van der Waals surface area contributed by atoms with Gasteiger partial charge in [0.15, 0.2) is 5.03 Å². The number of likely N-dealkylation sites (N-methyl/N-ethyl adjacent to an activating group) is 1. The van der Waals surface area contributed by atoms with Crippen LogP contribution in [0.15, 0.2) is 17.3 Å². The average molecular weight is 300 g/mol. The minimum atomic E-state index is -3.57. The fraction of sp³-hybridized carbons (Fsp3) is 0.769. The van der Waals surface area contributed by atoms with Crippen molar-refractivity contribution < 1.29 is 8.42 Å². The molecule has 1 aliphatic carbocycles. The van der Waals surface area contributed by atoms with Gasteiger partial charge in [-0.2, -0.15) is 9.40 Å². The molecule has 2 rings (SSSR count). The van der Waals surface area contributed by atoms with Crippen molar-refractivity contribution in [2.75, 3.05) is 13.1 Å². The Kier molecular flexibility index (Phi) is 4.51. The van der Waals surface area contributed by atoms with Crippen molar-refractivity contribution in [3.63, 3.8) is 0 Å². The van der Waals surface area contributed by atoms with E-state index in [1.165, 1.54) is 12.3 Å². The molecule has 0 saturated heterocycles. The lowest BCUT2D eigenvalue weighted by Gasteiger charge is -2.46. The van der Waals surface area contributed by atoms with Crippen molar-refractivity contribution in [2.24, 2.45) is 11.7 Å². The standard InChI is InChI=1S/C13H24N4O2S/c1-3-17(20(18,19)12-6-8-15-16-12)13(10-14)7-4-5-11(2)9-13/h6,8,11H,3-5,7,9-10,14H2,1-2H3,(H,15,16). The Balaban J connectivity index is 2.40. The van der Waals surface area contributed by atoms with Crippen molar-refractivity contribution in [1.29, 1.82) is 0 Å². The predicted octanol–water partition coefficient (Wildman–Crippen LogP) is 1.33. The third-order valence-corrected chi connectivity index (χ3v) is 6.32. The lowest BCUT2D eigenvalue weighted by molar-refractivity contribution is 0.112. The zero-order chi connectivity index (χ0) is 14.8. The summed E-state index contributed by atoms with van der Waals surface area (Å²) in [5.41, 5.74) is 5.53. The Hall–Kier alpha value is -0.920. The molecule has 0 amide bonds. The number of aromatic nitrogens is 2. The molecule has 0 spiro atoms. The van der Waals surface area contributed by atoms with Crippen molar-refractivity contribution in [3.8, 4) is 0 Å². The minimum absolute atomic E-state index is 0.144. The van der Waals surface area contributed by atoms with E-state index < -0.39 is 15.6 Å².